The van der Waals surface area contributed by atoms with Gasteiger partial charge in [-0.2, -0.15) is 0 Å². The van der Waals surface area contributed by atoms with Crippen LogP contribution in [0.2, 0.25) is 0 Å². The average molecular weight is 421 g/mol. The Bertz CT molecular complexity index is 939. The van der Waals surface area contributed by atoms with Crippen molar-refractivity contribution in [1.29, 1.82) is 0 Å². The fourth-order valence-electron chi connectivity index (χ4n) is 2.33. The van der Waals surface area contributed by atoms with Crippen molar-refractivity contribution in [3.63, 3.8) is 0 Å². The number of ether oxygens (including phenoxy) is 1. The van der Waals surface area contributed by atoms with Crippen molar-refractivity contribution in [3.8, 4) is 5.75 Å². The van der Waals surface area contributed by atoms with E-state index < -0.39 is 10.0 Å². The molecule has 0 aliphatic heterocycles. The summed E-state index contributed by atoms with van der Waals surface area (Å²) in [6.07, 6.45) is 2.95. The first-order chi connectivity index (χ1) is 13.4. The van der Waals surface area contributed by atoms with E-state index in [4.69, 9.17) is 4.74 Å². The van der Waals surface area contributed by atoms with Crippen LogP contribution in [0.3, 0.4) is 0 Å². The Morgan fingerprint density at radius 1 is 1.18 bits per heavy atom. The van der Waals surface area contributed by atoms with Crippen LogP contribution in [0.1, 0.15) is 11.1 Å². The molecule has 0 heterocycles. The van der Waals surface area contributed by atoms with Crippen molar-refractivity contribution in [2.45, 2.75) is 16.7 Å². The lowest BCUT2D eigenvalue weighted by molar-refractivity contribution is -0.116. The van der Waals surface area contributed by atoms with Crippen LogP contribution in [-0.4, -0.2) is 40.8 Å². The van der Waals surface area contributed by atoms with Crippen molar-refractivity contribution in [2.24, 2.45) is 0 Å². The summed E-state index contributed by atoms with van der Waals surface area (Å²) in [5.74, 6) is 0.762. The molecule has 0 bridgehead atoms. The highest BCUT2D eigenvalue weighted by atomic mass is 32.2. The summed E-state index contributed by atoms with van der Waals surface area (Å²) in [5, 5.41) is 2.81. The predicted octanol–water partition coefficient (Wildman–Crippen LogP) is 2.83. The highest BCUT2D eigenvalue weighted by Crippen LogP contribution is 2.25. The number of methoxy groups -OCH3 is 1. The summed E-state index contributed by atoms with van der Waals surface area (Å²) in [5.41, 5.74) is 1.80. The first kappa shape index (κ1) is 22.0. The zero-order valence-electron chi connectivity index (χ0n) is 16.1. The SMILES string of the molecule is CNS(=O)(=O)c1cc(C=CC(=O)NCCSc2ccc(C)cc2)ccc1OC. The molecule has 2 aromatic rings. The van der Waals surface area contributed by atoms with Gasteiger partial charge in [0.1, 0.15) is 10.6 Å². The number of hydrogen-bond donors (Lipinski definition) is 2. The molecule has 0 saturated heterocycles. The summed E-state index contributed by atoms with van der Waals surface area (Å²) in [6.45, 7) is 2.57. The van der Waals surface area contributed by atoms with E-state index in [0.29, 0.717) is 12.1 Å². The molecular formula is C20H24N2O4S2. The third kappa shape index (κ3) is 6.40. The predicted molar refractivity (Wildman–Crippen MR) is 113 cm³/mol. The highest BCUT2D eigenvalue weighted by Gasteiger charge is 2.17. The van der Waals surface area contributed by atoms with E-state index in [1.807, 2.05) is 6.92 Å². The number of hydrogen-bond acceptors (Lipinski definition) is 5. The van der Waals surface area contributed by atoms with Crippen LogP contribution in [0.4, 0.5) is 0 Å². The van der Waals surface area contributed by atoms with Crippen molar-refractivity contribution in [3.05, 3.63) is 59.7 Å². The topological polar surface area (TPSA) is 84.5 Å². The number of benzene rings is 2. The molecule has 0 aliphatic carbocycles. The van der Waals surface area contributed by atoms with Gasteiger partial charge in [0.15, 0.2) is 0 Å². The maximum absolute atomic E-state index is 12.1. The molecule has 0 saturated carbocycles. The molecule has 0 unspecified atom stereocenters. The van der Waals surface area contributed by atoms with Gasteiger partial charge in [-0.1, -0.05) is 23.8 Å². The molecular weight excluding hydrogens is 396 g/mol. The first-order valence-electron chi connectivity index (χ1n) is 8.62. The highest BCUT2D eigenvalue weighted by molar-refractivity contribution is 7.99. The molecule has 1 amide bonds. The monoisotopic (exact) mass is 420 g/mol. The Morgan fingerprint density at radius 2 is 1.89 bits per heavy atom. The molecule has 28 heavy (non-hydrogen) atoms. The average Bonchev–Trinajstić information content (AvgIpc) is 2.70. The minimum Gasteiger partial charge on any atom is -0.495 e. The first-order valence-corrected chi connectivity index (χ1v) is 11.1. The molecule has 6 nitrogen and oxygen atoms in total. The summed E-state index contributed by atoms with van der Waals surface area (Å²) in [7, 11) is -0.924. The van der Waals surface area contributed by atoms with E-state index in [2.05, 4.69) is 34.3 Å². The lowest BCUT2D eigenvalue weighted by atomic mass is 10.2. The third-order valence-corrected chi connectivity index (χ3v) is 6.31. The quantitative estimate of drug-likeness (QED) is 0.370. The number of nitrogens with one attached hydrogen (secondary N) is 2. The third-order valence-electron chi connectivity index (χ3n) is 3.86. The fraction of sp³-hybridized carbons (Fsp3) is 0.250. The van der Waals surface area contributed by atoms with Gasteiger partial charge in [0.05, 0.1) is 7.11 Å². The molecule has 0 aliphatic rings. The van der Waals surface area contributed by atoms with E-state index in [9.17, 15) is 13.2 Å². The van der Waals surface area contributed by atoms with Gasteiger partial charge in [-0.3, -0.25) is 4.79 Å². The Labute approximate surface area is 170 Å². The summed E-state index contributed by atoms with van der Waals surface area (Å²) < 4.78 is 31.5. The fourth-order valence-corrected chi connectivity index (χ4v) is 4.02. The number of amides is 1. The summed E-state index contributed by atoms with van der Waals surface area (Å²) in [6, 6.07) is 12.9. The number of rotatable bonds is 9. The van der Waals surface area contributed by atoms with Crippen molar-refractivity contribution in [1.82, 2.24) is 10.0 Å². The van der Waals surface area contributed by atoms with Gasteiger partial charge in [0.2, 0.25) is 15.9 Å². The van der Waals surface area contributed by atoms with E-state index in [0.717, 1.165) is 10.6 Å². The van der Waals surface area contributed by atoms with Gasteiger partial charge in [0.25, 0.3) is 0 Å². The van der Waals surface area contributed by atoms with E-state index in [1.165, 1.54) is 31.9 Å². The lowest BCUT2D eigenvalue weighted by Gasteiger charge is -2.09. The van der Waals surface area contributed by atoms with Crippen LogP contribution in [-0.2, 0) is 14.8 Å². The van der Waals surface area contributed by atoms with Crippen LogP contribution >= 0.6 is 11.8 Å². The van der Waals surface area contributed by atoms with Crippen molar-refractivity contribution < 1.29 is 17.9 Å². The molecule has 0 spiro atoms. The second-order valence-electron chi connectivity index (χ2n) is 5.90. The molecule has 2 aromatic carbocycles. The maximum atomic E-state index is 12.1. The second kappa shape index (κ2) is 10.3. The molecule has 0 atom stereocenters. The molecule has 2 rings (SSSR count). The Kier molecular flexibility index (Phi) is 8.10. The van der Waals surface area contributed by atoms with Gasteiger partial charge in [-0.15, -0.1) is 11.8 Å². The van der Waals surface area contributed by atoms with Gasteiger partial charge < -0.3 is 10.1 Å². The number of aryl methyl sites for hydroxylation is 1. The zero-order chi connectivity index (χ0) is 20.6. The van der Waals surface area contributed by atoms with Crippen molar-refractivity contribution in [2.75, 3.05) is 26.5 Å². The standard InChI is InChI=1S/C20H24N2O4S2/c1-15-4-8-17(9-5-15)27-13-12-22-20(23)11-7-16-6-10-18(26-3)19(14-16)28(24,25)21-2/h4-11,14,21H,12-13H2,1-3H3,(H,22,23). The minimum atomic E-state index is -3.66. The maximum Gasteiger partial charge on any atom is 0.244 e. The largest absolute Gasteiger partial charge is 0.495 e. The number of sulfonamides is 1. The summed E-state index contributed by atoms with van der Waals surface area (Å²) >= 11 is 1.67. The molecule has 2 N–H and O–H groups in total. The molecule has 150 valence electrons. The van der Waals surface area contributed by atoms with Crippen molar-refractivity contribution >= 4 is 33.8 Å². The molecule has 8 heteroatoms. The van der Waals surface area contributed by atoms with Crippen LogP contribution in [0, 0.1) is 6.92 Å². The lowest BCUT2D eigenvalue weighted by Crippen LogP contribution is -2.23. The number of carbonyl (C=O) groups excluding carboxylic acids is 1. The van der Waals surface area contributed by atoms with E-state index in [1.54, 1.807) is 30.0 Å². The van der Waals surface area contributed by atoms with Crippen LogP contribution < -0.4 is 14.8 Å². The molecule has 0 fully saturated rings. The van der Waals surface area contributed by atoms with E-state index >= 15 is 0 Å². The molecule has 0 radical (unpaired) electrons. The minimum absolute atomic E-state index is 0.0227. The Balaban J connectivity index is 1.91. The van der Waals surface area contributed by atoms with Crippen LogP contribution in [0.15, 0.2) is 58.3 Å². The number of carbonyl (C=O) groups is 1. The smallest absolute Gasteiger partial charge is 0.244 e. The van der Waals surface area contributed by atoms with E-state index in [-0.39, 0.29) is 16.6 Å². The Hall–Kier alpha value is -2.29. The summed E-state index contributed by atoms with van der Waals surface area (Å²) in [4.78, 5) is 13.2. The van der Waals surface area contributed by atoms with Gasteiger partial charge in [-0.05, 0) is 49.9 Å². The second-order valence-corrected chi connectivity index (χ2v) is 8.93. The van der Waals surface area contributed by atoms with Gasteiger partial charge in [0, 0.05) is 23.3 Å². The molecule has 0 aromatic heterocycles. The Morgan fingerprint density at radius 3 is 2.54 bits per heavy atom. The van der Waals surface area contributed by atoms with Crippen LogP contribution in [0.5, 0.6) is 5.75 Å². The zero-order valence-corrected chi connectivity index (χ0v) is 17.7. The van der Waals surface area contributed by atoms with Crippen LogP contribution in [0.25, 0.3) is 6.08 Å². The normalized spacial score (nSPS) is 11.5. The number of thioether (sulfide) groups is 1. The van der Waals surface area contributed by atoms with Gasteiger partial charge in [-0.25, -0.2) is 13.1 Å². The van der Waals surface area contributed by atoms with Gasteiger partial charge >= 0.3 is 0 Å².